The molecule has 0 amide bonds. The van der Waals surface area contributed by atoms with Crippen LogP contribution in [0.25, 0.3) is 0 Å². The van der Waals surface area contributed by atoms with E-state index in [9.17, 15) is 19.0 Å². The second kappa shape index (κ2) is 12.5. The molecule has 2 aromatic heterocycles. The van der Waals surface area contributed by atoms with Gasteiger partial charge in [0.15, 0.2) is 10.3 Å². The van der Waals surface area contributed by atoms with Gasteiger partial charge in [-0.05, 0) is 95.2 Å². The van der Waals surface area contributed by atoms with E-state index in [-0.39, 0.29) is 35.0 Å². The highest BCUT2D eigenvalue weighted by Gasteiger charge is 2.47. The standard InChI is InChI=1S/C30H32Cl2F2N6O2S2/c1-17(19-3-4-19)29(41,23-9-7-21(33)11-25(23)31)13-39-27(35-15-37-39)43-44-28-36-16-38-40(28)14-30(42,18(2)20-5-6-20)24-10-8-22(34)12-26(24)32/h7-12,15-20,41-42H,3-6,13-14H2,1-2H3. The van der Waals surface area contributed by atoms with Crippen molar-refractivity contribution < 1.29 is 19.0 Å². The first-order valence-electron chi connectivity index (χ1n) is 14.5. The predicted molar refractivity (Wildman–Crippen MR) is 166 cm³/mol. The SMILES string of the molecule is CC(C1CC1)C(O)(Cn1ncnc1SSc1ncnn1CC(O)(c1ccc(F)cc1Cl)C(C)C1CC1)c1ccc(F)cc1Cl. The fourth-order valence-electron chi connectivity index (χ4n) is 5.99. The predicted octanol–water partition coefficient (Wildman–Crippen LogP) is 7.12. The Morgan fingerprint density at radius 1 is 0.773 bits per heavy atom. The molecule has 4 aromatic rings. The normalized spacial score (nSPS) is 19.4. The summed E-state index contributed by atoms with van der Waals surface area (Å²) >= 11 is 12.9. The van der Waals surface area contributed by atoms with Gasteiger partial charge in [0.1, 0.15) is 35.5 Å². The third kappa shape index (κ3) is 6.39. The first kappa shape index (κ1) is 31.7. The van der Waals surface area contributed by atoms with Crippen LogP contribution in [0.1, 0.15) is 50.7 Å². The molecule has 14 heteroatoms. The molecular formula is C30H32Cl2F2N6O2S2. The maximum absolute atomic E-state index is 13.9. The summed E-state index contributed by atoms with van der Waals surface area (Å²) in [6.45, 7) is 4.09. The van der Waals surface area contributed by atoms with Crippen molar-refractivity contribution >= 4 is 44.8 Å². The van der Waals surface area contributed by atoms with Crippen molar-refractivity contribution in [1.82, 2.24) is 29.5 Å². The van der Waals surface area contributed by atoms with Gasteiger partial charge in [-0.25, -0.2) is 28.1 Å². The maximum atomic E-state index is 13.9. The topological polar surface area (TPSA) is 102 Å². The van der Waals surface area contributed by atoms with Crippen LogP contribution in [-0.4, -0.2) is 39.7 Å². The Bertz CT molecular complexity index is 1530. The summed E-state index contributed by atoms with van der Waals surface area (Å²) in [5.74, 6) is -0.629. The van der Waals surface area contributed by atoms with Crippen molar-refractivity contribution in [3.63, 3.8) is 0 Å². The van der Waals surface area contributed by atoms with E-state index < -0.39 is 22.8 Å². The smallest absolute Gasteiger partial charge is 0.197 e. The Kier molecular flexibility index (Phi) is 9.04. The Balaban J connectivity index is 1.23. The average molecular weight is 682 g/mol. The van der Waals surface area contributed by atoms with E-state index in [1.54, 1.807) is 9.36 Å². The third-order valence-electron chi connectivity index (χ3n) is 9.09. The molecule has 234 valence electrons. The molecule has 0 aliphatic heterocycles. The largest absolute Gasteiger partial charge is 0.383 e. The number of benzene rings is 2. The summed E-state index contributed by atoms with van der Waals surface area (Å²) in [5.41, 5.74) is -1.93. The zero-order chi connectivity index (χ0) is 31.2. The Morgan fingerprint density at radius 3 is 1.50 bits per heavy atom. The van der Waals surface area contributed by atoms with Crippen LogP contribution in [0.3, 0.4) is 0 Å². The minimum Gasteiger partial charge on any atom is -0.383 e. The van der Waals surface area contributed by atoms with Crippen molar-refractivity contribution in [1.29, 1.82) is 0 Å². The summed E-state index contributed by atoms with van der Waals surface area (Å²) in [4.78, 5) is 8.82. The van der Waals surface area contributed by atoms with Crippen LogP contribution in [0.4, 0.5) is 8.78 Å². The van der Waals surface area contributed by atoms with Crippen molar-refractivity contribution in [2.75, 3.05) is 0 Å². The van der Waals surface area contributed by atoms with E-state index >= 15 is 0 Å². The van der Waals surface area contributed by atoms with Gasteiger partial charge in [-0.15, -0.1) is 0 Å². The number of halogens is 4. The molecular weight excluding hydrogens is 649 g/mol. The zero-order valence-electron chi connectivity index (χ0n) is 24.1. The number of rotatable bonds is 13. The lowest BCUT2D eigenvalue weighted by atomic mass is 9.79. The first-order chi connectivity index (χ1) is 21.0. The molecule has 44 heavy (non-hydrogen) atoms. The van der Waals surface area contributed by atoms with Gasteiger partial charge < -0.3 is 10.2 Å². The third-order valence-corrected chi connectivity index (χ3v) is 11.9. The lowest BCUT2D eigenvalue weighted by Crippen LogP contribution is -2.40. The van der Waals surface area contributed by atoms with Crippen LogP contribution in [0, 0.1) is 35.3 Å². The van der Waals surface area contributed by atoms with E-state index in [4.69, 9.17) is 23.2 Å². The van der Waals surface area contributed by atoms with Crippen molar-refractivity contribution in [3.05, 3.63) is 81.9 Å². The van der Waals surface area contributed by atoms with Crippen LogP contribution >= 0.6 is 44.8 Å². The molecule has 2 aliphatic rings. The molecule has 2 aromatic carbocycles. The highest BCUT2D eigenvalue weighted by molar-refractivity contribution is 8.76. The van der Waals surface area contributed by atoms with Crippen molar-refractivity contribution in [3.8, 4) is 0 Å². The molecule has 2 saturated carbocycles. The highest BCUT2D eigenvalue weighted by Crippen LogP contribution is 2.50. The van der Waals surface area contributed by atoms with E-state index in [1.165, 1.54) is 70.6 Å². The summed E-state index contributed by atoms with van der Waals surface area (Å²) in [5, 5.41) is 34.3. The average Bonchev–Trinajstić information content (AvgIpc) is 3.91. The molecule has 8 nitrogen and oxygen atoms in total. The van der Waals surface area contributed by atoms with Crippen LogP contribution in [0.15, 0.2) is 59.4 Å². The Labute approximate surface area is 272 Å². The summed E-state index contributed by atoms with van der Waals surface area (Å²) in [6, 6.07) is 8.10. The second-order valence-corrected chi connectivity index (χ2v) is 14.8. The highest BCUT2D eigenvalue weighted by atomic mass is 35.5. The minimum atomic E-state index is -1.41. The number of aromatic nitrogens is 6. The van der Waals surface area contributed by atoms with Crippen LogP contribution in [0.5, 0.6) is 0 Å². The van der Waals surface area contributed by atoms with Gasteiger partial charge in [0, 0.05) is 21.2 Å². The fourth-order valence-corrected chi connectivity index (χ4v) is 8.59. The summed E-state index contributed by atoms with van der Waals surface area (Å²) < 4.78 is 31.0. The molecule has 0 spiro atoms. The van der Waals surface area contributed by atoms with E-state index in [1.807, 2.05) is 13.8 Å². The van der Waals surface area contributed by atoms with Crippen molar-refractivity contribution in [2.24, 2.45) is 23.7 Å². The molecule has 6 rings (SSSR count). The molecule has 2 N–H and O–H groups in total. The monoisotopic (exact) mass is 680 g/mol. The number of nitrogens with zero attached hydrogens (tertiary/aromatic N) is 6. The molecule has 4 unspecified atom stereocenters. The molecule has 2 heterocycles. The van der Waals surface area contributed by atoms with Crippen LogP contribution in [-0.2, 0) is 24.3 Å². The Morgan fingerprint density at radius 2 is 1.16 bits per heavy atom. The molecule has 2 aliphatic carbocycles. The molecule has 0 bridgehead atoms. The van der Waals surface area contributed by atoms with Gasteiger partial charge in [-0.2, -0.15) is 10.2 Å². The van der Waals surface area contributed by atoms with Gasteiger partial charge in [0.2, 0.25) is 0 Å². The summed E-state index contributed by atoms with van der Waals surface area (Å²) in [6.07, 6.45) is 6.83. The van der Waals surface area contributed by atoms with Gasteiger partial charge >= 0.3 is 0 Å². The minimum absolute atomic E-state index is 0.0628. The van der Waals surface area contributed by atoms with Crippen molar-refractivity contribution in [2.45, 2.75) is 74.1 Å². The lowest BCUT2D eigenvalue weighted by molar-refractivity contribution is -0.0465. The van der Waals surface area contributed by atoms with E-state index in [2.05, 4.69) is 20.2 Å². The van der Waals surface area contributed by atoms with Gasteiger partial charge in [0.25, 0.3) is 0 Å². The molecule has 2 fully saturated rings. The van der Waals surface area contributed by atoms with Gasteiger partial charge in [0.05, 0.1) is 13.1 Å². The lowest BCUT2D eigenvalue weighted by Gasteiger charge is -2.36. The maximum Gasteiger partial charge on any atom is 0.197 e. The number of hydrogen-bond donors (Lipinski definition) is 2. The zero-order valence-corrected chi connectivity index (χ0v) is 27.2. The number of aliphatic hydroxyl groups is 2. The van der Waals surface area contributed by atoms with E-state index in [0.717, 1.165) is 25.7 Å². The van der Waals surface area contributed by atoms with E-state index in [0.29, 0.717) is 33.3 Å². The quantitative estimate of drug-likeness (QED) is 0.144. The second-order valence-electron chi connectivity index (χ2n) is 11.9. The number of hydrogen-bond acceptors (Lipinski definition) is 8. The fraction of sp³-hybridized carbons (Fsp3) is 0.467. The first-order valence-corrected chi connectivity index (χ1v) is 17.4. The molecule has 4 atom stereocenters. The van der Waals surface area contributed by atoms with Gasteiger partial charge in [-0.1, -0.05) is 49.2 Å². The van der Waals surface area contributed by atoms with Crippen LogP contribution in [0.2, 0.25) is 10.0 Å². The van der Waals surface area contributed by atoms with Gasteiger partial charge in [-0.3, -0.25) is 0 Å². The molecule has 0 saturated heterocycles. The summed E-state index contributed by atoms with van der Waals surface area (Å²) in [7, 11) is 2.56. The molecule has 0 radical (unpaired) electrons. The Hall–Kier alpha value is -2.22. The van der Waals surface area contributed by atoms with Crippen LogP contribution < -0.4 is 0 Å².